The average Bonchev–Trinajstić information content (AvgIpc) is 2.82. The third-order valence-electron chi connectivity index (χ3n) is 5.36. The fraction of sp³-hybridized carbons (Fsp3) is 0.333. The number of phenols is 1. The van der Waals surface area contributed by atoms with Gasteiger partial charge in [-0.3, -0.25) is 0 Å². The molecule has 0 saturated heterocycles. The molecule has 0 fully saturated rings. The maximum Gasteiger partial charge on any atom is 0.121 e. The Kier molecular flexibility index (Phi) is 9.72. The second-order valence-electron chi connectivity index (χ2n) is 8.05. The van der Waals surface area contributed by atoms with Gasteiger partial charge in [0.2, 0.25) is 0 Å². The Balaban J connectivity index is 1.31. The van der Waals surface area contributed by atoms with Crippen LogP contribution in [-0.2, 0) is 24.4 Å². The van der Waals surface area contributed by atoms with E-state index in [1.165, 1.54) is 22.8 Å². The minimum atomic E-state index is -0.709. The molecule has 0 aliphatic carbocycles. The highest BCUT2D eigenvalue weighted by molar-refractivity contribution is 5.36. The second kappa shape index (κ2) is 13.0. The maximum atomic E-state index is 10.3. The maximum absolute atomic E-state index is 10.3. The lowest BCUT2D eigenvalue weighted by molar-refractivity contribution is 0.0889. The summed E-state index contributed by atoms with van der Waals surface area (Å²) in [5, 5.41) is 32.4. The molecule has 3 rings (SSSR count). The molecule has 0 saturated carbocycles. The molecular formula is C27H33NO5. The van der Waals surface area contributed by atoms with E-state index in [2.05, 4.69) is 30.4 Å². The van der Waals surface area contributed by atoms with Crippen molar-refractivity contribution in [3.05, 3.63) is 94.5 Å². The normalized spacial score (nSPS) is 12.0. The zero-order valence-corrected chi connectivity index (χ0v) is 19.0. The first-order chi connectivity index (χ1) is 16.0. The van der Waals surface area contributed by atoms with Crippen LogP contribution >= 0.6 is 0 Å². The van der Waals surface area contributed by atoms with Crippen molar-refractivity contribution in [3.8, 4) is 11.5 Å². The summed E-state index contributed by atoms with van der Waals surface area (Å²) in [6.07, 6.45) is 0.115. The highest BCUT2D eigenvalue weighted by atomic mass is 16.5. The molecule has 1 atom stereocenters. The number of aliphatic hydroxyl groups is 2. The molecular weight excluding hydrogens is 418 g/mol. The Hall–Kier alpha value is -2.90. The molecule has 0 spiro atoms. The van der Waals surface area contributed by atoms with Gasteiger partial charge in [-0.25, -0.2) is 0 Å². The number of aryl methyl sites for hydroxylation is 1. The summed E-state index contributed by atoms with van der Waals surface area (Å²) in [7, 11) is 0. The van der Waals surface area contributed by atoms with E-state index in [1.54, 1.807) is 12.1 Å². The van der Waals surface area contributed by atoms with E-state index in [-0.39, 0.29) is 12.4 Å². The smallest absolute Gasteiger partial charge is 0.121 e. The third kappa shape index (κ3) is 8.18. The van der Waals surface area contributed by atoms with Crippen molar-refractivity contribution >= 4 is 0 Å². The van der Waals surface area contributed by atoms with E-state index in [0.717, 1.165) is 18.7 Å². The van der Waals surface area contributed by atoms with Crippen LogP contribution in [0.3, 0.4) is 0 Å². The lowest BCUT2D eigenvalue weighted by Crippen LogP contribution is -2.23. The molecule has 0 heterocycles. The number of nitrogens with one attached hydrogen (secondary N) is 1. The minimum absolute atomic E-state index is 0.0311. The van der Waals surface area contributed by atoms with Crippen LogP contribution in [0.5, 0.6) is 11.5 Å². The van der Waals surface area contributed by atoms with Gasteiger partial charge >= 0.3 is 0 Å². The van der Waals surface area contributed by atoms with Crippen LogP contribution in [0.2, 0.25) is 0 Å². The molecule has 1 unspecified atom stereocenters. The van der Waals surface area contributed by atoms with Gasteiger partial charge in [0, 0.05) is 12.1 Å². The molecule has 3 aromatic rings. The molecule has 6 heteroatoms. The number of ether oxygens (including phenoxy) is 2. The van der Waals surface area contributed by atoms with E-state index in [0.29, 0.717) is 37.5 Å². The zero-order valence-electron chi connectivity index (χ0n) is 19.0. The van der Waals surface area contributed by atoms with Gasteiger partial charge in [-0.1, -0.05) is 48.0 Å². The SMILES string of the molecule is Cc1cccc(COCCOc2ccc(CCNCC(O)c3ccc(O)c(CO)c3)cc2)c1. The summed E-state index contributed by atoms with van der Waals surface area (Å²) < 4.78 is 11.4. The van der Waals surface area contributed by atoms with E-state index in [9.17, 15) is 15.3 Å². The van der Waals surface area contributed by atoms with Crippen LogP contribution in [0.4, 0.5) is 0 Å². The van der Waals surface area contributed by atoms with Crippen molar-refractivity contribution in [1.82, 2.24) is 5.32 Å². The van der Waals surface area contributed by atoms with Gasteiger partial charge in [0.25, 0.3) is 0 Å². The predicted octanol–water partition coefficient (Wildman–Crippen LogP) is 3.65. The van der Waals surface area contributed by atoms with Gasteiger partial charge in [0.15, 0.2) is 0 Å². The molecule has 33 heavy (non-hydrogen) atoms. The quantitative estimate of drug-likeness (QED) is 0.297. The fourth-order valence-electron chi connectivity index (χ4n) is 3.49. The molecule has 176 valence electrons. The summed E-state index contributed by atoms with van der Waals surface area (Å²) in [6, 6.07) is 21.0. The van der Waals surface area contributed by atoms with E-state index < -0.39 is 6.10 Å². The summed E-state index contributed by atoms with van der Waals surface area (Å²) in [5.41, 5.74) is 4.64. The topological polar surface area (TPSA) is 91.2 Å². The van der Waals surface area contributed by atoms with Crippen molar-refractivity contribution in [2.24, 2.45) is 0 Å². The van der Waals surface area contributed by atoms with Crippen LogP contribution in [0.25, 0.3) is 0 Å². The van der Waals surface area contributed by atoms with Crippen molar-refractivity contribution in [2.75, 3.05) is 26.3 Å². The summed E-state index contributed by atoms with van der Waals surface area (Å²) in [5.74, 6) is 0.844. The number of benzene rings is 3. The Morgan fingerprint density at radius 3 is 2.52 bits per heavy atom. The van der Waals surface area contributed by atoms with Crippen molar-refractivity contribution in [2.45, 2.75) is 32.7 Å². The van der Waals surface area contributed by atoms with Gasteiger partial charge < -0.3 is 30.1 Å². The molecule has 3 aromatic carbocycles. The standard InChI is InChI=1S/C27H33NO5/c1-20-3-2-4-22(15-20)19-32-13-14-33-25-8-5-21(6-9-25)11-12-28-17-27(31)23-7-10-26(30)24(16-23)18-29/h2-10,15-16,27-31H,11-14,17-19H2,1H3. The van der Waals surface area contributed by atoms with Crippen LogP contribution in [0.1, 0.15) is 33.9 Å². The van der Waals surface area contributed by atoms with Crippen molar-refractivity contribution in [3.63, 3.8) is 0 Å². The average molecular weight is 452 g/mol. The fourth-order valence-corrected chi connectivity index (χ4v) is 3.49. The molecule has 0 bridgehead atoms. The van der Waals surface area contributed by atoms with Crippen LogP contribution in [-0.4, -0.2) is 41.6 Å². The van der Waals surface area contributed by atoms with Gasteiger partial charge in [0.1, 0.15) is 18.1 Å². The summed E-state index contributed by atoms with van der Waals surface area (Å²) in [4.78, 5) is 0. The Morgan fingerprint density at radius 2 is 1.76 bits per heavy atom. The Bertz CT molecular complexity index is 990. The molecule has 6 nitrogen and oxygen atoms in total. The minimum Gasteiger partial charge on any atom is -0.508 e. The van der Waals surface area contributed by atoms with Crippen LogP contribution < -0.4 is 10.1 Å². The zero-order chi connectivity index (χ0) is 23.5. The Labute approximate surface area is 195 Å². The van der Waals surface area contributed by atoms with Crippen molar-refractivity contribution in [1.29, 1.82) is 0 Å². The van der Waals surface area contributed by atoms with Crippen LogP contribution in [0.15, 0.2) is 66.7 Å². The summed E-state index contributed by atoms with van der Waals surface area (Å²) in [6.45, 7) is 4.53. The number of rotatable bonds is 13. The van der Waals surface area contributed by atoms with Gasteiger partial charge in [-0.2, -0.15) is 0 Å². The first-order valence-electron chi connectivity index (χ1n) is 11.2. The number of aliphatic hydroxyl groups excluding tert-OH is 2. The van der Waals surface area contributed by atoms with Crippen LogP contribution in [0, 0.1) is 6.92 Å². The first kappa shape index (κ1) is 24.7. The molecule has 4 N–H and O–H groups in total. The van der Waals surface area contributed by atoms with E-state index >= 15 is 0 Å². The molecule has 0 aliphatic heterocycles. The van der Waals surface area contributed by atoms with Gasteiger partial charge in [0.05, 0.1) is 25.9 Å². The molecule has 0 amide bonds. The molecule has 0 radical (unpaired) electrons. The van der Waals surface area contributed by atoms with Gasteiger partial charge in [-0.15, -0.1) is 0 Å². The second-order valence-corrected chi connectivity index (χ2v) is 8.05. The lowest BCUT2D eigenvalue weighted by Gasteiger charge is -2.14. The van der Waals surface area contributed by atoms with E-state index in [4.69, 9.17) is 9.47 Å². The lowest BCUT2D eigenvalue weighted by atomic mass is 10.1. The largest absolute Gasteiger partial charge is 0.508 e. The number of hydrogen-bond acceptors (Lipinski definition) is 6. The monoisotopic (exact) mass is 451 g/mol. The summed E-state index contributed by atoms with van der Waals surface area (Å²) >= 11 is 0. The molecule has 0 aliphatic rings. The predicted molar refractivity (Wildman–Crippen MR) is 128 cm³/mol. The van der Waals surface area contributed by atoms with Gasteiger partial charge in [-0.05, 0) is 60.8 Å². The Morgan fingerprint density at radius 1 is 0.939 bits per heavy atom. The highest BCUT2D eigenvalue weighted by Gasteiger charge is 2.10. The number of hydrogen-bond donors (Lipinski definition) is 4. The van der Waals surface area contributed by atoms with Crippen molar-refractivity contribution < 1.29 is 24.8 Å². The first-order valence-corrected chi connectivity index (χ1v) is 11.2. The van der Waals surface area contributed by atoms with E-state index in [1.807, 2.05) is 30.3 Å². The number of aromatic hydroxyl groups is 1. The molecule has 0 aromatic heterocycles. The highest BCUT2D eigenvalue weighted by Crippen LogP contribution is 2.22. The third-order valence-corrected chi connectivity index (χ3v) is 5.36.